The predicted octanol–water partition coefficient (Wildman–Crippen LogP) is 4.32. The summed E-state index contributed by atoms with van der Waals surface area (Å²) in [6.45, 7) is 9.93. The molecule has 0 fully saturated rings. The number of aromatic nitrogens is 2. The molecule has 3 aromatic heterocycles. The van der Waals surface area contributed by atoms with E-state index in [2.05, 4.69) is 41.3 Å². The van der Waals surface area contributed by atoms with Crippen LogP contribution in [-0.4, -0.2) is 48.0 Å². The van der Waals surface area contributed by atoms with Gasteiger partial charge in [0.05, 0.1) is 20.8 Å². The third-order valence-corrected chi connectivity index (χ3v) is 5.86. The zero-order valence-electron chi connectivity index (χ0n) is 16.9. The van der Waals surface area contributed by atoms with Gasteiger partial charge in [0.25, 0.3) is 5.91 Å². The van der Waals surface area contributed by atoms with Crippen molar-refractivity contribution >= 4 is 27.5 Å². The fourth-order valence-corrected chi connectivity index (χ4v) is 4.74. The van der Waals surface area contributed by atoms with Crippen LogP contribution in [-0.2, 0) is 0 Å². The van der Waals surface area contributed by atoms with Crippen LogP contribution >= 0.6 is 11.3 Å². The van der Waals surface area contributed by atoms with Gasteiger partial charge in [-0.1, -0.05) is 13.8 Å². The van der Waals surface area contributed by atoms with Crippen LogP contribution in [0.3, 0.4) is 0 Å². The van der Waals surface area contributed by atoms with Gasteiger partial charge in [0.2, 0.25) is 0 Å². The number of aryl methyl sites for hydroxylation is 2. The number of pyridine rings is 1. The first-order valence-electron chi connectivity index (χ1n) is 9.33. The van der Waals surface area contributed by atoms with E-state index >= 15 is 0 Å². The molecule has 0 bridgehead atoms. The number of carbonyl (C=O) groups excluding carboxylic acids is 1. The molecule has 0 unspecified atom stereocenters. The fraction of sp³-hybridized carbons (Fsp3) is 0.429. The second-order valence-electron chi connectivity index (χ2n) is 7.39. The van der Waals surface area contributed by atoms with Crippen LogP contribution in [0.25, 0.3) is 21.5 Å². The molecule has 0 saturated carbocycles. The first kappa shape index (κ1) is 19.6. The van der Waals surface area contributed by atoms with Crippen LogP contribution in [0.2, 0.25) is 0 Å². The molecule has 144 valence electrons. The van der Waals surface area contributed by atoms with Crippen LogP contribution in [0, 0.1) is 13.8 Å². The predicted molar refractivity (Wildman–Crippen MR) is 114 cm³/mol. The number of nitrogens with zero attached hydrogens (tertiary/aromatic N) is 2. The van der Waals surface area contributed by atoms with Crippen LogP contribution < -0.4 is 5.32 Å². The van der Waals surface area contributed by atoms with Crippen molar-refractivity contribution in [3.8, 4) is 11.3 Å². The summed E-state index contributed by atoms with van der Waals surface area (Å²) in [6.07, 6.45) is 0. The Kier molecular flexibility index (Phi) is 5.67. The summed E-state index contributed by atoms with van der Waals surface area (Å²) in [6, 6.07) is 6.23. The molecule has 0 aliphatic heterocycles. The van der Waals surface area contributed by atoms with Crippen LogP contribution in [0.5, 0.6) is 0 Å². The summed E-state index contributed by atoms with van der Waals surface area (Å²) >= 11 is 1.59. The summed E-state index contributed by atoms with van der Waals surface area (Å²) in [5, 5.41) is 3.08. The van der Waals surface area contributed by atoms with E-state index < -0.39 is 0 Å². The highest BCUT2D eigenvalue weighted by Gasteiger charge is 2.22. The molecule has 0 aromatic carbocycles. The van der Waals surface area contributed by atoms with Gasteiger partial charge >= 0.3 is 0 Å². The van der Waals surface area contributed by atoms with Gasteiger partial charge in [0.15, 0.2) is 0 Å². The quantitative estimate of drug-likeness (QED) is 0.665. The number of aromatic amines is 1. The number of hydrogen-bond acceptors (Lipinski definition) is 4. The van der Waals surface area contributed by atoms with E-state index in [9.17, 15) is 4.79 Å². The third kappa shape index (κ3) is 3.92. The van der Waals surface area contributed by atoms with Crippen molar-refractivity contribution in [2.75, 3.05) is 27.2 Å². The topological polar surface area (TPSA) is 61.0 Å². The molecule has 0 saturated heterocycles. The Hall–Kier alpha value is -2.18. The van der Waals surface area contributed by atoms with Crippen molar-refractivity contribution in [1.29, 1.82) is 0 Å². The summed E-state index contributed by atoms with van der Waals surface area (Å²) < 4.78 is 1.18. The first-order valence-corrected chi connectivity index (χ1v) is 10.1. The number of fused-ring (bicyclic) bond motifs is 1. The lowest BCUT2D eigenvalue weighted by molar-refractivity contribution is 0.0801. The minimum absolute atomic E-state index is 0.0757. The molecule has 3 aromatic rings. The molecule has 0 aliphatic carbocycles. The van der Waals surface area contributed by atoms with Crippen molar-refractivity contribution in [2.24, 2.45) is 0 Å². The van der Waals surface area contributed by atoms with Crippen molar-refractivity contribution in [3.05, 3.63) is 40.0 Å². The highest BCUT2D eigenvalue weighted by molar-refractivity contribution is 7.21. The van der Waals surface area contributed by atoms with Crippen molar-refractivity contribution in [2.45, 2.75) is 33.6 Å². The number of likely N-dealkylation sites (N-methyl/N-ethyl adjacent to an activating group) is 2. The Morgan fingerprint density at radius 2 is 1.93 bits per heavy atom. The highest BCUT2D eigenvalue weighted by atomic mass is 32.1. The third-order valence-electron chi connectivity index (χ3n) is 4.71. The van der Waals surface area contributed by atoms with E-state index in [1.54, 1.807) is 16.2 Å². The molecule has 0 radical (unpaired) electrons. The van der Waals surface area contributed by atoms with E-state index in [0.717, 1.165) is 39.6 Å². The molecular weight excluding hydrogens is 356 g/mol. The Morgan fingerprint density at radius 3 is 2.52 bits per heavy atom. The van der Waals surface area contributed by atoms with Crippen molar-refractivity contribution < 1.29 is 4.79 Å². The number of rotatable bonds is 6. The number of nitrogens with one attached hydrogen (secondary N) is 2. The lowest BCUT2D eigenvalue weighted by Gasteiger charge is -2.15. The van der Waals surface area contributed by atoms with Gasteiger partial charge < -0.3 is 15.2 Å². The van der Waals surface area contributed by atoms with Gasteiger partial charge in [0, 0.05) is 37.1 Å². The maximum Gasteiger partial charge on any atom is 0.263 e. The van der Waals surface area contributed by atoms with Crippen molar-refractivity contribution in [1.82, 2.24) is 20.2 Å². The monoisotopic (exact) mass is 384 g/mol. The molecule has 3 heterocycles. The molecule has 0 atom stereocenters. The van der Waals surface area contributed by atoms with E-state index in [-0.39, 0.29) is 5.91 Å². The van der Waals surface area contributed by atoms with E-state index in [0.29, 0.717) is 12.5 Å². The van der Waals surface area contributed by atoms with E-state index in [1.807, 2.05) is 34.0 Å². The summed E-state index contributed by atoms with van der Waals surface area (Å²) in [7, 11) is 3.75. The first-order chi connectivity index (χ1) is 12.8. The van der Waals surface area contributed by atoms with Crippen molar-refractivity contribution in [3.63, 3.8) is 0 Å². The molecule has 0 aliphatic rings. The summed E-state index contributed by atoms with van der Waals surface area (Å²) in [5.74, 6) is 0.429. The van der Waals surface area contributed by atoms with Gasteiger partial charge in [-0.05, 0) is 50.6 Å². The van der Waals surface area contributed by atoms with Gasteiger partial charge in [-0.15, -0.1) is 11.3 Å². The summed E-state index contributed by atoms with van der Waals surface area (Å²) in [4.78, 5) is 23.3. The number of amides is 1. The minimum Gasteiger partial charge on any atom is -0.354 e. The largest absolute Gasteiger partial charge is 0.354 e. The number of carbonyl (C=O) groups is 1. The Balaban J connectivity index is 2.05. The Bertz CT molecular complexity index is 950. The smallest absolute Gasteiger partial charge is 0.263 e. The van der Waals surface area contributed by atoms with Gasteiger partial charge in [-0.2, -0.15) is 0 Å². The number of hydrogen-bond donors (Lipinski definition) is 2. The normalized spacial score (nSPS) is 11.5. The maximum absolute atomic E-state index is 12.7. The van der Waals surface area contributed by atoms with E-state index in [1.165, 1.54) is 10.3 Å². The van der Waals surface area contributed by atoms with E-state index in [4.69, 9.17) is 0 Å². The van der Waals surface area contributed by atoms with Crippen LogP contribution in [0.15, 0.2) is 18.2 Å². The minimum atomic E-state index is 0.0757. The molecule has 0 spiro atoms. The molecule has 27 heavy (non-hydrogen) atoms. The Morgan fingerprint density at radius 1 is 1.26 bits per heavy atom. The second-order valence-corrected chi connectivity index (χ2v) is 8.44. The fourth-order valence-electron chi connectivity index (χ4n) is 3.43. The lowest BCUT2D eigenvalue weighted by Crippen LogP contribution is -2.32. The SMILES string of the molecule is CNCCN(C)C(=O)c1cc2[nH]c(-c3cc(C)nc(C)c3)c(C(C)C)c2s1. The van der Waals surface area contributed by atoms with Gasteiger partial charge in [-0.3, -0.25) is 9.78 Å². The molecule has 6 heteroatoms. The second kappa shape index (κ2) is 7.82. The molecule has 3 rings (SSSR count). The molecule has 1 amide bonds. The molecule has 2 N–H and O–H groups in total. The Labute approximate surface area is 164 Å². The zero-order chi connectivity index (χ0) is 19.7. The van der Waals surface area contributed by atoms with Gasteiger partial charge in [0.1, 0.15) is 0 Å². The highest BCUT2D eigenvalue weighted by Crippen LogP contribution is 2.40. The van der Waals surface area contributed by atoms with Crippen LogP contribution in [0.1, 0.15) is 46.4 Å². The average molecular weight is 385 g/mol. The average Bonchev–Trinajstić information content (AvgIpc) is 3.15. The standard InChI is InChI=1S/C21H28N4OS/c1-12(2)18-19(15-9-13(3)23-14(4)10-15)24-16-11-17(27-20(16)18)21(26)25(6)8-7-22-5/h9-12,22,24H,7-8H2,1-6H3. The lowest BCUT2D eigenvalue weighted by atomic mass is 9.99. The number of thiophene rings is 1. The maximum atomic E-state index is 12.7. The zero-order valence-corrected chi connectivity index (χ0v) is 17.8. The van der Waals surface area contributed by atoms with Gasteiger partial charge in [-0.25, -0.2) is 0 Å². The number of H-pyrrole nitrogens is 1. The molecule has 5 nitrogen and oxygen atoms in total. The van der Waals surface area contributed by atoms with Crippen LogP contribution in [0.4, 0.5) is 0 Å². The molecular formula is C21H28N4OS. The summed E-state index contributed by atoms with van der Waals surface area (Å²) in [5.41, 5.74) is 6.64.